The maximum Gasteiger partial charge on any atom is 0.259 e. The second-order valence-electron chi connectivity index (χ2n) is 5.39. The van der Waals surface area contributed by atoms with E-state index in [0.29, 0.717) is 13.1 Å². The lowest BCUT2D eigenvalue weighted by atomic mass is 10.2. The third kappa shape index (κ3) is 3.42. The number of halogens is 1. The first-order chi connectivity index (χ1) is 11.5. The number of rotatable bonds is 4. The molecule has 1 fully saturated rings. The molecule has 1 aliphatic heterocycles. The first-order valence-electron chi connectivity index (χ1n) is 7.45. The summed E-state index contributed by atoms with van der Waals surface area (Å²) >= 11 is 6.05. The number of sulfonamides is 1. The van der Waals surface area contributed by atoms with Gasteiger partial charge in [0, 0.05) is 13.1 Å². The number of carbonyl (C=O) groups excluding carboxylic acids is 1. The van der Waals surface area contributed by atoms with E-state index in [1.807, 2.05) is 0 Å². The molecule has 2 N–H and O–H groups in total. The second kappa shape index (κ2) is 6.88. The maximum atomic E-state index is 12.7. The zero-order valence-electron chi connectivity index (χ0n) is 12.7. The number of amides is 1. The molecular weight excluding hydrogens is 354 g/mol. The van der Waals surface area contributed by atoms with Crippen LogP contribution < -0.4 is 5.32 Å². The van der Waals surface area contributed by atoms with Crippen LogP contribution in [0.5, 0.6) is 0 Å². The van der Waals surface area contributed by atoms with Crippen molar-refractivity contribution in [2.75, 3.05) is 18.4 Å². The average molecular weight is 370 g/mol. The zero-order chi connectivity index (χ0) is 17.2. The molecule has 1 aromatic carbocycles. The van der Waals surface area contributed by atoms with Gasteiger partial charge in [-0.2, -0.15) is 14.4 Å². The van der Waals surface area contributed by atoms with Gasteiger partial charge in [0.15, 0.2) is 0 Å². The third-order valence-electron chi connectivity index (χ3n) is 3.78. The van der Waals surface area contributed by atoms with Crippen LogP contribution in [0, 0.1) is 0 Å². The van der Waals surface area contributed by atoms with Crippen LogP contribution in [0.15, 0.2) is 29.4 Å². The molecule has 1 amide bonds. The van der Waals surface area contributed by atoms with Gasteiger partial charge in [-0.15, -0.1) is 0 Å². The Morgan fingerprint density at radius 3 is 2.67 bits per heavy atom. The monoisotopic (exact) mass is 369 g/mol. The van der Waals surface area contributed by atoms with Gasteiger partial charge in [0.05, 0.1) is 15.5 Å². The largest absolute Gasteiger partial charge is 0.291 e. The standard InChI is InChI=1S/C14H16ClN5O3S/c15-12-5-4-10(24(22,23)20-6-2-1-3-7-20)8-11(12)13(21)18-14-16-9-17-19-14/h4-5,8-9H,1-3,6-7H2,(H2,16,17,18,19,21). The van der Waals surface area contributed by atoms with Crippen LogP contribution in [-0.2, 0) is 10.0 Å². The van der Waals surface area contributed by atoms with Crippen molar-refractivity contribution in [2.45, 2.75) is 24.2 Å². The summed E-state index contributed by atoms with van der Waals surface area (Å²) in [4.78, 5) is 16.1. The lowest BCUT2D eigenvalue weighted by molar-refractivity contribution is 0.102. The molecule has 1 saturated heterocycles. The Labute approximate surface area is 144 Å². The Morgan fingerprint density at radius 1 is 1.25 bits per heavy atom. The number of benzene rings is 1. The molecular formula is C14H16ClN5O3S. The molecule has 1 aromatic heterocycles. The zero-order valence-corrected chi connectivity index (χ0v) is 14.3. The van der Waals surface area contributed by atoms with Gasteiger partial charge in [-0.05, 0) is 31.0 Å². The highest BCUT2D eigenvalue weighted by molar-refractivity contribution is 7.89. The first kappa shape index (κ1) is 16.9. The number of carbonyl (C=O) groups is 1. The topological polar surface area (TPSA) is 108 Å². The van der Waals surface area contributed by atoms with Crippen LogP contribution >= 0.6 is 11.6 Å². The van der Waals surface area contributed by atoms with Crippen molar-refractivity contribution < 1.29 is 13.2 Å². The summed E-state index contributed by atoms with van der Waals surface area (Å²) in [5.74, 6) is -0.409. The number of H-pyrrole nitrogens is 1. The normalized spacial score (nSPS) is 16.0. The van der Waals surface area contributed by atoms with Crippen molar-refractivity contribution in [3.8, 4) is 0 Å². The van der Waals surface area contributed by atoms with Crippen molar-refractivity contribution in [3.63, 3.8) is 0 Å². The minimum Gasteiger partial charge on any atom is -0.291 e. The molecule has 3 rings (SSSR count). The summed E-state index contributed by atoms with van der Waals surface area (Å²) in [7, 11) is -3.64. The Hall–Kier alpha value is -1.97. The lowest BCUT2D eigenvalue weighted by Gasteiger charge is -2.26. The van der Waals surface area contributed by atoms with Crippen LogP contribution in [0.4, 0.5) is 5.95 Å². The van der Waals surface area contributed by atoms with Crippen LogP contribution in [0.3, 0.4) is 0 Å². The van der Waals surface area contributed by atoms with Crippen molar-refractivity contribution >= 4 is 33.5 Å². The maximum absolute atomic E-state index is 12.7. The van der Waals surface area contributed by atoms with Gasteiger partial charge in [0.25, 0.3) is 5.91 Å². The highest BCUT2D eigenvalue weighted by atomic mass is 35.5. The number of hydrogen-bond acceptors (Lipinski definition) is 5. The highest BCUT2D eigenvalue weighted by Gasteiger charge is 2.27. The summed E-state index contributed by atoms with van der Waals surface area (Å²) in [6, 6.07) is 4.11. The predicted octanol–water partition coefficient (Wildman–Crippen LogP) is 1.88. The molecule has 10 heteroatoms. The van der Waals surface area contributed by atoms with E-state index < -0.39 is 15.9 Å². The van der Waals surface area contributed by atoms with Gasteiger partial charge < -0.3 is 0 Å². The minimum atomic E-state index is -3.64. The molecule has 0 saturated carbocycles. The molecule has 0 unspecified atom stereocenters. The van der Waals surface area contributed by atoms with E-state index in [4.69, 9.17) is 11.6 Å². The smallest absolute Gasteiger partial charge is 0.259 e. The molecule has 8 nitrogen and oxygen atoms in total. The van der Waals surface area contributed by atoms with Crippen LogP contribution in [0.1, 0.15) is 29.6 Å². The Bertz CT molecular complexity index is 832. The summed E-state index contributed by atoms with van der Waals surface area (Å²) < 4.78 is 26.9. The lowest BCUT2D eigenvalue weighted by Crippen LogP contribution is -2.35. The van der Waals surface area contributed by atoms with Gasteiger partial charge in [-0.3, -0.25) is 10.1 Å². The van der Waals surface area contributed by atoms with Crippen molar-refractivity contribution in [3.05, 3.63) is 35.1 Å². The molecule has 24 heavy (non-hydrogen) atoms. The molecule has 1 aliphatic rings. The number of nitrogens with zero attached hydrogens (tertiary/aromatic N) is 3. The Balaban J connectivity index is 1.89. The molecule has 0 atom stereocenters. The molecule has 0 spiro atoms. The van der Waals surface area contributed by atoms with Crippen LogP contribution in [0.25, 0.3) is 0 Å². The molecule has 128 valence electrons. The predicted molar refractivity (Wildman–Crippen MR) is 88.4 cm³/mol. The molecule has 0 bridgehead atoms. The fourth-order valence-electron chi connectivity index (χ4n) is 2.53. The van der Waals surface area contributed by atoms with Gasteiger partial charge in [-0.25, -0.2) is 13.5 Å². The molecule has 2 aromatic rings. The summed E-state index contributed by atoms with van der Waals surface area (Å²) in [6.07, 6.45) is 3.95. The van der Waals surface area contributed by atoms with E-state index >= 15 is 0 Å². The van der Waals surface area contributed by atoms with E-state index in [2.05, 4.69) is 20.5 Å². The number of nitrogens with one attached hydrogen (secondary N) is 2. The number of anilines is 1. The van der Waals surface area contributed by atoms with Crippen molar-refractivity contribution in [1.29, 1.82) is 0 Å². The average Bonchev–Trinajstić information content (AvgIpc) is 3.08. The summed E-state index contributed by atoms with van der Waals surface area (Å²) in [5, 5.41) is 8.75. The van der Waals surface area contributed by atoms with E-state index in [-0.39, 0.29) is 21.4 Å². The highest BCUT2D eigenvalue weighted by Crippen LogP contribution is 2.25. The number of aromatic nitrogens is 3. The number of hydrogen-bond donors (Lipinski definition) is 2. The number of piperidine rings is 1. The molecule has 2 heterocycles. The van der Waals surface area contributed by atoms with Crippen molar-refractivity contribution in [1.82, 2.24) is 19.5 Å². The van der Waals surface area contributed by atoms with Gasteiger partial charge in [0.1, 0.15) is 6.33 Å². The SMILES string of the molecule is O=C(Nc1ncn[nH]1)c1cc(S(=O)(=O)N2CCCCC2)ccc1Cl. The van der Waals surface area contributed by atoms with E-state index in [0.717, 1.165) is 19.3 Å². The van der Waals surface area contributed by atoms with E-state index in [9.17, 15) is 13.2 Å². The van der Waals surface area contributed by atoms with E-state index in [1.165, 1.54) is 28.8 Å². The minimum absolute atomic E-state index is 0.0523. The number of aromatic amines is 1. The summed E-state index contributed by atoms with van der Waals surface area (Å²) in [5.41, 5.74) is 0.0613. The fourth-order valence-corrected chi connectivity index (χ4v) is 4.28. The third-order valence-corrected chi connectivity index (χ3v) is 6.01. The first-order valence-corrected chi connectivity index (χ1v) is 9.27. The second-order valence-corrected chi connectivity index (χ2v) is 7.74. The summed E-state index contributed by atoms with van der Waals surface area (Å²) in [6.45, 7) is 0.981. The Kier molecular flexibility index (Phi) is 4.83. The molecule has 0 aliphatic carbocycles. The molecule has 0 radical (unpaired) electrons. The fraction of sp³-hybridized carbons (Fsp3) is 0.357. The van der Waals surface area contributed by atoms with Gasteiger partial charge in [-0.1, -0.05) is 18.0 Å². The van der Waals surface area contributed by atoms with E-state index in [1.54, 1.807) is 0 Å². The quantitative estimate of drug-likeness (QED) is 0.855. The van der Waals surface area contributed by atoms with Gasteiger partial charge in [0.2, 0.25) is 16.0 Å². The van der Waals surface area contributed by atoms with Crippen molar-refractivity contribution in [2.24, 2.45) is 0 Å². The Morgan fingerprint density at radius 2 is 2.00 bits per heavy atom. The van der Waals surface area contributed by atoms with Crippen LogP contribution in [0.2, 0.25) is 5.02 Å². The van der Waals surface area contributed by atoms with Crippen LogP contribution in [-0.4, -0.2) is 46.9 Å². The van der Waals surface area contributed by atoms with Gasteiger partial charge >= 0.3 is 0 Å².